The van der Waals surface area contributed by atoms with Crippen molar-refractivity contribution in [2.24, 2.45) is 0 Å². The number of carbonyl (C=O) groups is 1. The van der Waals surface area contributed by atoms with Gasteiger partial charge in [0.2, 0.25) is 0 Å². The van der Waals surface area contributed by atoms with Gasteiger partial charge in [0.05, 0.1) is 12.6 Å². The van der Waals surface area contributed by atoms with Gasteiger partial charge in [-0.3, -0.25) is 0 Å². The third-order valence-electron chi connectivity index (χ3n) is 2.99. The fourth-order valence-electron chi connectivity index (χ4n) is 1.83. The Balaban J connectivity index is 1.83. The number of benzene rings is 1. The van der Waals surface area contributed by atoms with E-state index in [0.29, 0.717) is 6.54 Å². The Morgan fingerprint density at radius 3 is 2.60 bits per heavy atom. The smallest absolute Gasteiger partial charge is 0.315 e. The van der Waals surface area contributed by atoms with Crippen LogP contribution in [0.5, 0.6) is 0 Å². The highest BCUT2D eigenvalue weighted by atomic mass is 32.1. The lowest BCUT2D eigenvalue weighted by Crippen LogP contribution is -2.36. The first kappa shape index (κ1) is 14.5. The highest BCUT2D eigenvalue weighted by Gasteiger charge is 2.09. The van der Waals surface area contributed by atoms with Crippen LogP contribution in [0, 0.1) is 13.8 Å². The van der Waals surface area contributed by atoms with E-state index in [4.69, 9.17) is 0 Å². The second-order valence-electron chi connectivity index (χ2n) is 4.84. The molecule has 1 heterocycles. The first-order chi connectivity index (χ1) is 9.54. The fourth-order valence-corrected chi connectivity index (χ4v) is 2.54. The molecule has 2 amide bonds. The van der Waals surface area contributed by atoms with Gasteiger partial charge < -0.3 is 10.6 Å². The molecule has 0 bridgehead atoms. The Morgan fingerprint density at radius 2 is 2.00 bits per heavy atom. The second kappa shape index (κ2) is 6.52. The molecule has 2 N–H and O–H groups in total. The van der Waals surface area contributed by atoms with Crippen molar-refractivity contribution in [2.75, 3.05) is 0 Å². The van der Waals surface area contributed by atoms with Crippen molar-refractivity contribution in [2.45, 2.75) is 33.4 Å². The summed E-state index contributed by atoms with van der Waals surface area (Å²) in [6, 6.07) is 7.96. The zero-order valence-electron chi connectivity index (χ0n) is 11.9. The monoisotopic (exact) mass is 289 g/mol. The molecule has 0 spiro atoms. The first-order valence-electron chi connectivity index (χ1n) is 6.56. The lowest BCUT2D eigenvalue weighted by Gasteiger charge is -2.15. The molecule has 1 aromatic carbocycles. The third kappa shape index (κ3) is 4.06. The van der Waals surface area contributed by atoms with Gasteiger partial charge in [-0.25, -0.2) is 9.78 Å². The zero-order valence-corrected chi connectivity index (χ0v) is 12.8. The highest BCUT2D eigenvalue weighted by Crippen LogP contribution is 2.13. The number of nitrogens with zero attached hydrogens (tertiary/aromatic N) is 1. The average molecular weight is 289 g/mol. The molecule has 4 nitrogen and oxygen atoms in total. The van der Waals surface area contributed by atoms with Gasteiger partial charge in [0, 0.05) is 11.1 Å². The minimum absolute atomic E-state index is 0.0198. The summed E-state index contributed by atoms with van der Waals surface area (Å²) >= 11 is 1.55. The van der Waals surface area contributed by atoms with Crippen molar-refractivity contribution < 1.29 is 4.79 Å². The van der Waals surface area contributed by atoms with E-state index in [1.807, 2.05) is 50.4 Å². The van der Waals surface area contributed by atoms with Gasteiger partial charge in [-0.2, -0.15) is 0 Å². The predicted octanol–water partition coefficient (Wildman–Crippen LogP) is 3.32. The van der Waals surface area contributed by atoms with Crippen LogP contribution in [0.4, 0.5) is 4.79 Å². The fraction of sp³-hybridized carbons (Fsp3) is 0.333. The van der Waals surface area contributed by atoms with Crippen LogP contribution in [0.1, 0.15) is 34.8 Å². The standard InChI is InChI=1S/C15H19N3OS/c1-10-4-6-13(7-5-10)12(3)18-15(19)16-8-14-17-11(2)9-20-14/h4-7,9,12H,8H2,1-3H3,(H2,16,18,19)/t12-/m1/s1. The van der Waals surface area contributed by atoms with E-state index >= 15 is 0 Å². The van der Waals surface area contributed by atoms with Crippen molar-refractivity contribution in [1.82, 2.24) is 15.6 Å². The van der Waals surface area contributed by atoms with Gasteiger partial charge in [-0.15, -0.1) is 11.3 Å². The third-order valence-corrected chi connectivity index (χ3v) is 3.96. The lowest BCUT2D eigenvalue weighted by molar-refractivity contribution is 0.237. The van der Waals surface area contributed by atoms with E-state index in [-0.39, 0.29) is 12.1 Å². The largest absolute Gasteiger partial charge is 0.332 e. The molecule has 5 heteroatoms. The van der Waals surface area contributed by atoms with E-state index in [1.54, 1.807) is 11.3 Å². The number of hydrogen-bond donors (Lipinski definition) is 2. The van der Waals surface area contributed by atoms with Crippen molar-refractivity contribution in [3.63, 3.8) is 0 Å². The number of rotatable bonds is 4. The maximum absolute atomic E-state index is 11.8. The van der Waals surface area contributed by atoms with E-state index in [9.17, 15) is 4.79 Å². The highest BCUT2D eigenvalue weighted by molar-refractivity contribution is 7.09. The molecule has 106 valence electrons. The molecule has 2 rings (SSSR count). The van der Waals surface area contributed by atoms with Gasteiger partial charge in [0.15, 0.2) is 0 Å². The Bertz CT molecular complexity index is 577. The lowest BCUT2D eigenvalue weighted by atomic mass is 10.1. The molecule has 0 aliphatic carbocycles. The molecule has 2 aromatic rings. The molecule has 1 aromatic heterocycles. The summed E-state index contributed by atoms with van der Waals surface area (Å²) in [5.41, 5.74) is 3.29. The Labute approximate surface area is 123 Å². The molecule has 0 unspecified atom stereocenters. The van der Waals surface area contributed by atoms with Crippen LogP contribution in [-0.2, 0) is 6.54 Å². The summed E-state index contributed by atoms with van der Waals surface area (Å²) in [5, 5.41) is 8.63. The summed E-state index contributed by atoms with van der Waals surface area (Å²) in [6.45, 7) is 6.42. The molecule has 0 saturated heterocycles. The number of aromatic nitrogens is 1. The summed E-state index contributed by atoms with van der Waals surface area (Å²) in [4.78, 5) is 16.1. The molecular weight excluding hydrogens is 270 g/mol. The summed E-state index contributed by atoms with van der Waals surface area (Å²) < 4.78 is 0. The van der Waals surface area contributed by atoms with E-state index < -0.39 is 0 Å². The Kier molecular flexibility index (Phi) is 4.74. The zero-order chi connectivity index (χ0) is 14.5. The van der Waals surface area contributed by atoms with Crippen LogP contribution in [0.2, 0.25) is 0 Å². The van der Waals surface area contributed by atoms with Crippen molar-refractivity contribution in [3.8, 4) is 0 Å². The molecule has 1 atom stereocenters. The SMILES string of the molecule is Cc1ccc([C@@H](C)NC(=O)NCc2nc(C)cs2)cc1. The van der Waals surface area contributed by atoms with Crippen molar-refractivity contribution >= 4 is 17.4 Å². The molecular formula is C15H19N3OS. The van der Waals surface area contributed by atoms with E-state index in [2.05, 4.69) is 15.6 Å². The number of hydrogen-bond acceptors (Lipinski definition) is 3. The van der Waals surface area contributed by atoms with Crippen LogP contribution < -0.4 is 10.6 Å². The minimum Gasteiger partial charge on any atom is -0.332 e. The quantitative estimate of drug-likeness (QED) is 0.907. The topological polar surface area (TPSA) is 54.0 Å². The van der Waals surface area contributed by atoms with E-state index in [1.165, 1.54) is 5.56 Å². The van der Waals surface area contributed by atoms with Crippen LogP contribution >= 0.6 is 11.3 Å². The predicted molar refractivity (Wildman–Crippen MR) is 81.8 cm³/mol. The van der Waals surface area contributed by atoms with Crippen LogP contribution in [0.25, 0.3) is 0 Å². The Morgan fingerprint density at radius 1 is 1.30 bits per heavy atom. The summed E-state index contributed by atoms with van der Waals surface area (Å²) in [7, 11) is 0. The number of urea groups is 1. The minimum atomic E-state index is -0.175. The number of thiazole rings is 1. The molecule has 0 aliphatic heterocycles. The summed E-state index contributed by atoms with van der Waals surface area (Å²) in [5.74, 6) is 0. The van der Waals surface area contributed by atoms with Gasteiger partial charge in [-0.1, -0.05) is 29.8 Å². The number of amides is 2. The van der Waals surface area contributed by atoms with Crippen LogP contribution in [0.3, 0.4) is 0 Å². The number of nitrogens with one attached hydrogen (secondary N) is 2. The molecule has 0 aliphatic rings. The maximum atomic E-state index is 11.8. The van der Waals surface area contributed by atoms with Gasteiger partial charge in [-0.05, 0) is 26.3 Å². The molecule has 0 fully saturated rings. The number of aryl methyl sites for hydroxylation is 2. The van der Waals surface area contributed by atoms with Crippen LogP contribution in [0.15, 0.2) is 29.6 Å². The molecule has 0 radical (unpaired) electrons. The van der Waals surface area contributed by atoms with Gasteiger partial charge in [0.25, 0.3) is 0 Å². The van der Waals surface area contributed by atoms with Gasteiger partial charge in [0.1, 0.15) is 5.01 Å². The van der Waals surface area contributed by atoms with Crippen molar-refractivity contribution in [1.29, 1.82) is 0 Å². The summed E-state index contributed by atoms with van der Waals surface area (Å²) in [6.07, 6.45) is 0. The maximum Gasteiger partial charge on any atom is 0.315 e. The second-order valence-corrected chi connectivity index (χ2v) is 5.78. The average Bonchev–Trinajstić information content (AvgIpc) is 2.83. The van der Waals surface area contributed by atoms with Crippen LogP contribution in [-0.4, -0.2) is 11.0 Å². The van der Waals surface area contributed by atoms with Gasteiger partial charge >= 0.3 is 6.03 Å². The van der Waals surface area contributed by atoms with E-state index in [0.717, 1.165) is 16.3 Å². The first-order valence-corrected chi connectivity index (χ1v) is 7.44. The molecule has 20 heavy (non-hydrogen) atoms. The normalized spacial score (nSPS) is 11.9. The molecule has 0 saturated carbocycles. The number of carbonyl (C=O) groups excluding carboxylic acids is 1. The van der Waals surface area contributed by atoms with Crippen molar-refractivity contribution in [3.05, 3.63) is 51.5 Å². The Hall–Kier alpha value is -1.88.